The van der Waals surface area contributed by atoms with Crippen LogP contribution in [0.2, 0.25) is 0 Å². The van der Waals surface area contributed by atoms with Crippen LogP contribution >= 0.6 is 0 Å². The molecule has 0 radical (unpaired) electrons. The molecule has 7 nitrogen and oxygen atoms in total. The van der Waals surface area contributed by atoms with E-state index in [0.717, 1.165) is 44.0 Å². The lowest BCUT2D eigenvalue weighted by Gasteiger charge is -2.36. The number of phenols is 1. The number of rotatable bonds is 7. The molecule has 0 spiro atoms. The van der Waals surface area contributed by atoms with Crippen LogP contribution in [0, 0.1) is 6.92 Å². The van der Waals surface area contributed by atoms with E-state index in [1.807, 2.05) is 30.3 Å². The number of nitrogens with one attached hydrogen (secondary N) is 1. The van der Waals surface area contributed by atoms with Crippen LogP contribution in [0.25, 0.3) is 0 Å². The summed E-state index contributed by atoms with van der Waals surface area (Å²) < 4.78 is 5.03. The first-order valence-corrected chi connectivity index (χ1v) is 11.4. The van der Waals surface area contributed by atoms with Crippen molar-refractivity contribution in [2.75, 3.05) is 43.0 Å². The van der Waals surface area contributed by atoms with Crippen LogP contribution in [0.3, 0.4) is 0 Å². The quantitative estimate of drug-likeness (QED) is 0.523. The molecule has 1 amide bonds. The predicted octanol–water partition coefficient (Wildman–Crippen LogP) is 3.82. The second kappa shape index (κ2) is 10.9. The van der Waals surface area contributed by atoms with E-state index in [0.29, 0.717) is 5.69 Å². The number of amides is 1. The number of carbonyl (C=O) groups is 2. The zero-order valence-electron chi connectivity index (χ0n) is 19.2. The van der Waals surface area contributed by atoms with Crippen LogP contribution in [0.5, 0.6) is 5.75 Å². The zero-order chi connectivity index (χ0) is 23.9. The maximum absolute atomic E-state index is 12.2. The molecule has 0 bridgehead atoms. The van der Waals surface area contributed by atoms with Gasteiger partial charge in [-0.3, -0.25) is 9.69 Å². The largest absolute Gasteiger partial charge is 0.507 e. The summed E-state index contributed by atoms with van der Waals surface area (Å²) >= 11 is 0. The van der Waals surface area contributed by atoms with Gasteiger partial charge in [0.2, 0.25) is 0 Å². The van der Waals surface area contributed by atoms with E-state index in [1.54, 1.807) is 13.0 Å². The van der Waals surface area contributed by atoms with Crippen molar-refractivity contribution in [2.24, 2.45) is 0 Å². The van der Waals surface area contributed by atoms with Crippen molar-refractivity contribution >= 4 is 23.3 Å². The van der Waals surface area contributed by atoms with Crippen molar-refractivity contribution in [3.63, 3.8) is 0 Å². The molecule has 0 saturated carbocycles. The molecule has 1 saturated heterocycles. The number of aryl methyl sites for hydroxylation is 1. The minimum Gasteiger partial charge on any atom is -0.507 e. The van der Waals surface area contributed by atoms with Crippen LogP contribution in [0.1, 0.15) is 21.5 Å². The van der Waals surface area contributed by atoms with Gasteiger partial charge < -0.3 is 20.1 Å². The number of hydrogen-bond acceptors (Lipinski definition) is 6. The second-order valence-electron chi connectivity index (χ2n) is 8.44. The fourth-order valence-electron chi connectivity index (χ4n) is 3.98. The fourth-order valence-corrected chi connectivity index (χ4v) is 3.98. The van der Waals surface area contributed by atoms with Crippen molar-refractivity contribution in [1.29, 1.82) is 0 Å². The molecule has 1 aliphatic rings. The van der Waals surface area contributed by atoms with Gasteiger partial charge in [-0.05, 0) is 54.4 Å². The third-order valence-corrected chi connectivity index (χ3v) is 5.85. The lowest BCUT2D eigenvalue weighted by atomic mass is 10.1. The van der Waals surface area contributed by atoms with Crippen molar-refractivity contribution in [3.05, 3.63) is 89.5 Å². The number of ether oxygens (including phenoxy) is 1. The highest BCUT2D eigenvalue weighted by molar-refractivity contribution is 5.96. The summed E-state index contributed by atoms with van der Waals surface area (Å²) in [7, 11) is 0. The number of piperazine rings is 1. The molecule has 1 heterocycles. The number of aromatic hydroxyl groups is 1. The van der Waals surface area contributed by atoms with E-state index in [2.05, 4.69) is 39.4 Å². The Morgan fingerprint density at radius 1 is 0.941 bits per heavy atom. The van der Waals surface area contributed by atoms with E-state index < -0.39 is 18.5 Å². The number of phenolic OH excluding ortho intramolecular Hbond substituents is 1. The monoisotopic (exact) mass is 459 g/mol. The summed E-state index contributed by atoms with van der Waals surface area (Å²) in [6.07, 6.45) is 0. The standard InChI is InChI=1S/C27H29N3O4/c1-20-7-12-24(25(31)17-20)27(33)34-19-26(32)28-22-8-10-23(11-9-22)30-15-13-29(14-16-30)18-21-5-3-2-4-6-21/h2-12,17,31H,13-16,18-19H2,1H3,(H,28,32). The molecule has 0 atom stereocenters. The molecule has 3 aromatic carbocycles. The Hall–Kier alpha value is -3.84. The Morgan fingerprint density at radius 2 is 1.65 bits per heavy atom. The maximum atomic E-state index is 12.2. The van der Waals surface area contributed by atoms with E-state index in [9.17, 15) is 14.7 Å². The molecule has 0 unspecified atom stereocenters. The molecule has 176 valence electrons. The lowest BCUT2D eigenvalue weighted by Crippen LogP contribution is -2.45. The van der Waals surface area contributed by atoms with Crippen molar-refractivity contribution in [3.8, 4) is 5.75 Å². The van der Waals surface area contributed by atoms with E-state index in [-0.39, 0.29) is 11.3 Å². The van der Waals surface area contributed by atoms with Crippen LogP contribution < -0.4 is 10.2 Å². The first-order valence-electron chi connectivity index (χ1n) is 11.4. The summed E-state index contributed by atoms with van der Waals surface area (Å²) in [6, 6.07) is 22.8. The van der Waals surface area contributed by atoms with Gasteiger partial charge in [-0.25, -0.2) is 4.79 Å². The Morgan fingerprint density at radius 3 is 2.32 bits per heavy atom. The summed E-state index contributed by atoms with van der Waals surface area (Å²) in [5.41, 5.74) is 3.93. The summed E-state index contributed by atoms with van der Waals surface area (Å²) in [5, 5.41) is 12.6. The first-order chi connectivity index (χ1) is 16.5. The number of nitrogens with zero attached hydrogens (tertiary/aromatic N) is 2. The average molecular weight is 460 g/mol. The van der Waals surface area contributed by atoms with Crippen LogP contribution in [-0.2, 0) is 16.1 Å². The molecule has 1 aliphatic heterocycles. The average Bonchev–Trinajstić information content (AvgIpc) is 2.84. The minimum absolute atomic E-state index is 0.0339. The van der Waals surface area contributed by atoms with Crippen molar-refractivity contribution < 1.29 is 19.4 Å². The number of hydrogen-bond donors (Lipinski definition) is 2. The summed E-state index contributed by atoms with van der Waals surface area (Å²) in [4.78, 5) is 29.1. The highest BCUT2D eigenvalue weighted by Gasteiger charge is 2.18. The number of anilines is 2. The molecule has 4 rings (SSSR count). The number of benzene rings is 3. The van der Waals surface area contributed by atoms with Gasteiger partial charge in [-0.1, -0.05) is 36.4 Å². The molecule has 7 heteroatoms. The Balaban J connectivity index is 1.23. The lowest BCUT2D eigenvalue weighted by molar-refractivity contribution is -0.119. The van der Waals surface area contributed by atoms with Gasteiger partial charge in [0.15, 0.2) is 6.61 Å². The number of esters is 1. The van der Waals surface area contributed by atoms with Crippen molar-refractivity contribution in [2.45, 2.75) is 13.5 Å². The molecule has 34 heavy (non-hydrogen) atoms. The molecule has 0 aliphatic carbocycles. The Labute approximate surface area is 199 Å². The maximum Gasteiger partial charge on any atom is 0.342 e. The normalized spacial score (nSPS) is 14.0. The molecule has 3 aromatic rings. The van der Waals surface area contributed by atoms with Crippen molar-refractivity contribution in [1.82, 2.24) is 4.90 Å². The molecular formula is C27H29N3O4. The second-order valence-corrected chi connectivity index (χ2v) is 8.44. The summed E-state index contributed by atoms with van der Waals surface area (Å²) in [6.45, 7) is 6.22. The van der Waals surface area contributed by atoms with Gasteiger partial charge in [-0.15, -0.1) is 0 Å². The van der Waals surface area contributed by atoms with Crippen LogP contribution in [-0.4, -0.2) is 54.7 Å². The van der Waals surface area contributed by atoms with E-state index in [4.69, 9.17) is 4.74 Å². The van der Waals surface area contributed by atoms with E-state index >= 15 is 0 Å². The van der Waals surface area contributed by atoms with Gasteiger partial charge >= 0.3 is 5.97 Å². The molecule has 0 aromatic heterocycles. The third-order valence-electron chi connectivity index (χ3n) is 5.85. The third kappa shape index (κ3) is 6.14. The topological polar surface area (TPSA) is 82.1 Å². The van der Waals surface area contributed by atoms with Gasteiger partial charge in [0.05, 0.1) is 0 Å². The minimum atomic E-state index is -0.741. The highest BCUT2D eigenvalue weighted by atomic mass is 16.5. The highest BCUT2D eigenvalue weighted by Crippen LogP contribution is 2.21. The Bertz CT molecular complexity index is 1120. The zero-order valence-corrected chi connectivity index (χ0v) is 19.2. The first kappa shape index (κ1) is 23.3. The Kier molecular flexibility index (Phi) is 7.44. The van der Waals surface area contributed by atoms with Crippen LogP contribution in [0.4, 0.5) is 11.4 Å². The van der Waals surface area contributed by atoms with Crippen LogP contribution in [0.15, 0.2) is 72.8 Å². The smallest absolute Gasteiger partial charge is 0.342 e. The molecule has 2 N–H and O–H groups in total. The molecular weight excluding hydrogens is 430 g/mol. The predicted molar refractivity (Wildman–Crippen MR) is 132 cm³/mol. The number of carbonyl (C=O) groups excluding carboxylic acids is 2. The van der Waals surface area contributed by atoms with Gasteiger partial charge in [0, 0.05) is 44.1 Å². The fraction of sp³-hybridized carbons (Fsp3) is 0.259. The van der Waals surface area contributed by atoms with Gasteiger partial charge in [0.1, 0.15) is 11.3 Å². The van der Waals surface area contributed by atoms with E-state index in [1.165, 1.54) is 17.7 Å². The molecule has 1 fully saturated rings. The van der Waals surface area contributed by atoms with Gasteiger partial charge in [0.25, 0.3) is 5.91 Å². The summed E-state index contributed by atoms with van der Waals surface area (Å²) in [5.74, 6) is -1.35. The van der Waals surface area contributed by atoms with Gasteiger partial charge in [-0.2, -0.15) is 0 Å². The SMILES string of the molecule is Cc1ccc(C(=O)OCC(=O)Nc2ccc(N3CCN(Cc4ccccc4)CC3)cc2)c(O)c1.